The monoisotopic (exact) mass is 591 g/mol. The van der Waals surface area contributed by atoms with E-state index in [0.29, 0.717) is 25.1 Å². The molecule has 1 atom stereocenters. The zero-order chi connectivity index (χ0) is 30.9. The molecule has 0 saturated carbocycles. The van der Waals surface area contributed by atoms with E-state index in [1.807, 2.05) is 107 Å². The highest BCUT2D eigenvalue weighted by atomic mass is 32.2. The Balaban J connectivity index is 1.89. The average molecular weight is 592 g/mol. The first-order valence-corrected chi connectivity index (χ1v) is 16.4. The maximum absolute atomic E-state index is 13.9. The Bertz CT molecular complexity index is 1420. The number of nitrogens with one attached hydrogen (secondary N) is 1. The van der Waals surface area contributed by atoms with E-state index in [9.17, 15) is 18.0 Å². The second kappa shape index (κ2) is 15.0. The second-order valence-corrected chi connectivity index (χ2v) is 13.5. The van der Waals surface area contributed by atoms with Crippen LogP contribution in [0, 0.1) is 26.7 Å². The molecule has 0 aliphatic carbocycles. The number of anilines is 1. The quantitative estimate of drug-likeness (QED) is 0.266. The summed E-state index contributed by atoms with van der Waals surface area (Å²) in [5.74, 6) is -0.120. The molecule has 0 heterocycles. The van der Waals surface area contributed by atoms with Crippen LogP contribution in [0.1, 0.15) is 54.5 Å². The van der Waals surface area contributed by atoms with Crippen LogP contribution >= 0.6 is 0 Å². The smallest absolute Gasteiger partial charge is 0.243 e. The van der Waals surface area contributed by atoms with Gasteiger partial charge in [-0.05, 0) is 67.5 Å². The molecule has 3 aromatic rings. The minimum atomic E-state index is -3.56. The number of sulfonamides is 1. The van der Waals surface area contributed by atoms with E-state index in [-0.39, 0.29) is 37.2 Å². The summed E-state index contributed by atoms with van der Waals surface area (Å²) in [5.41, 5.74) is 5.53. The van der Waals surface area contributed by atoms with Crippen molar-refractivity contribution >= 4 is 27.5 Å². The molecule has 8 heteroatoms. The van der Waals surface area contributed by atoms with Crippen molar-refractivity contribution in [2.75, 3.05) is 23.7 Å². The molecule has 0 saturated heterocycles. The molecule has 0 spiro atoms. The van der Waals surface area contributed by atoms with Gasteiger partial charge in [0.05, 0.1) is 11.9 Å². The van der Waals surface area contributed by atoms with Gasteiger partial charge in [-0.1, -0.05) is 80.1 Å². The van der Waals surface area contributed by atoms with Gasteiger partial charge in [-0.3, -0.25) is 13.9 Å². The third-order valence-electron chi connectivity index (χ3n) is 7.08. The van der Waals surface area contributed by atoms with E-state index in [4.69, 9.17) is 0 Å². The molecule has 0 aliphatic heterocycles. The van der Waals surface area contributed by atoms with Crippen LogP contribution < -0.4 is 9.62 Å². The summed E-state index contributed by atoms with van der Waals surface area (Å²) >= 11 is 0. The van der Waals surface area contributed by atoms with Crippen molar-refractivity contribution in [3.05, 3.63) is 101 Å². The van der Waals surface area contributed by atoms with Crippen LogP contribution in [0.4, 0.5) is 5.69 Å². The van der Waals surface area contributed by atoms with Crippen molar-refractivity contribution in [3.8, 4) is 0 Å². The molecule has 0 unspecified atom stereocenters. The number of amides is 2. The number of benzene rings is 3. The van der Waals surface area contributed by atoms with Gasteiger partial charge in [0.15, 0.2) is 0 Å². The van der Waals surface area contributed by atoms with E-state index in [1.54, 1.807) is 4.90 Å². The standard InChI is InChI=1S/C34H45N3O4S/c1-25(2)23-35-34(39)32(22-29-11-8-7-9-12-29)36(24-30-16-14-26(3)15-17-30)33(38)13-10-18-37(42(6,40)41)31-20-27(4)19-28(5)21-31/h7-9,11-12,14-17,19-21,25,32H,10,13,18,22-24H2,1-6H3,(H,35,39)/t32-/m1/s1. The Kier molecular flexibility index (Phi) is 11.7. The first-order valence-electron chi connectivity index (χ1n) is 14.6. The van der Waals surface area contributed by atoms with Crippen LogP contribution in [0.5, 0.6) is 0 Å². The lowest BCUT2D eigenvalue weighted by Crippen LogP contribution is -2.51. The van der Waals surface area contributed by atoms with Gasteiger partial charge in [-0.2, -0.15) is 0 Å². The summed E-state index contributed by atoms with van der Waals surface area (Å²) in [6.45, 7) is 10.9. The van der Waals surface area contributed by atoms with Gasteiger partial charge >= 0.3 is 0 Å². The number of carbonyl (C=O) groups excluding carboxylic acids is 2. The van der Waals surface area contributed by atoms with E-state index in [2.05, 4.69) is 5.32 Å². The van der Waals surface area contributed by atoms with Gasteiger partial charge in [-0.15, -0.1) is 0 Å². The molecule has 7 nitrogen and oxygen atoms in total. The Morgan fingerprint density at radius 3 is 2.02 bits per heavy atom. The van der Waals surface area contributed by atoms with E-state index in [0.717, 1.165) is 27.8 Å². The van der Waals surface area contributed by atoms with Crippen LogP contribution in [-0.2, 0) is 32.6 Å². The molecule has 0 bridgehead atoms. The van der Waals surface area contributed by atoms with Gasteiger partial charge in [0.25, 0.3) is 0 Å². The van der Waals surface area contributed by atoms with E-state index < -0.39 is 16.1 Å². The van der Waals surface area contributed by atoms with Gasteiger partial charge in [0.1, 0.15) is 6.04 Å². The SMILES string of the molecule is Cc1ccc(CN(C(=O)CCCN(c2cc(C)cc(C)c2)S(C)(=O)=O)[C@H](Cc2ccccc2)C(=O)NCC(C)C)cc1. The summed E-state index contributed by atoms with van der Waals surface area (Å²) in [6.07, 6.45) is 1.98. The van der Waals surface area contributed by atoms with Gasteiger partial charge < -0.3 is 10.2 Å². The number of rotatable bonds is 14. The highest BCUT2D eigenvalue weighted by Gasteiger charge is 2.30. The summed E-state index contributed by atoms with van der Waals surface area (Å²) in [6, 6.07) is 22.6. The van der Waals surface area contributed by atoms with E-state index >= 15 is 0 Å². The fourth-order valence-electron chi connectivity index (χ4n) is 4.97. The van der Waals surface area contributed by atoms with Crippen molar-refractivity contribution in [1.82, 2.24) is 10.2 Å². The largest absolute Gasteiger partial charge is 0.354 e. The highest BCUT2D eigenvalue weighted by molar-refractivity contribution is 7.92. The topological polar surface area (TPSA) is 86.8 Å². The molecule has 1 N–H and O–H groups in total. The Labute approximate surface area is 252 Å². The van der Waals surface area contributed by atoms with Crippen molar-refractivity contribution in [2.45, 2.75) is 66.5 Å². The fraction of sp³-hybridized carbons (Fsp3) is 0.412. The molecule has 2 amide bonds. The highest BCUT2D eigenvalue weighted by Crippen LogP contribution is 2.23. The third kappa shape index (κ3) is 10.0. The number of nitrogens with zero attached hydrogens (tertiary/aromatic N) is 2. The van der Waals surface area contributed by atoms with E-state index in [1.165, 1.54) is 10.6 Å². The van der Waals surface area contributed by atoms with Crippen molar-refractivity contribution in [1.29, 1.82) is 0 Å². The first kappa shape index (κ1) is 32.9. The summed E-state index contributed by atoms with van der Waals surface area (Å²) in [7, 11) is -3.56. The average Bonchev–Trinajstić information content (AvgIpc) is 2.91. The van der Waals surface area contributed by atoms with Crippen LogP contribution in [0.3, 0.4) is 0 Å². The Morgan fingerprint density at radius 2 is 1.45 bits per heavy atom. The lowest BCUT2D eigenvalue weighted by molar-refractivity contribution is -0.141. The Morgan fingerprint density at radius 1 is 0.833 bits per heavy atom. The third-order valence-corrected chi connectivity index (χ3v) is 8.27. The molecule has 42 heavy (non-hydrogen) atoms. The molecular weight excluding hydrogens is 546 g/mol. The minimum Gasteiger partial charge on any atom is -0.354 e. The summed E-state index contributed by atoms with van der Waals surface area (Å²) < 4.78 is 26.8. The van der Waals surface area contributed by atoms with Gasteiger partial charge in [0.2, 0.25) is 21.8 Å². The van der Waals surface area contributed by atoms with Gasteiger partial charge in [0, 0.05) is 32.5 Å². The predicted octanol–water partition coefficient (Wildman–Crippen LogP) is 5.57. The Hall–Kier alpha value is -3.65. The molecule has 0 aliphatic rings. The van der Waals surface area contributed by atoms with Crippen LogP contribution in [0.25, 0.3) is 0 Å². The van der Waals surface area contributed by atoms with Crippen molar-refractivity contribution in [2.24, 2.45) is 5.92 Å². The zero-order valence-corrected chi connectivity index (χ0v) is 26.6. The lowest BCUT2D eigenvalue weighted by atomic mass is 10.0. The lowest BCUT2D eigenvalue weighted by Gasteiger charge is -2.32. The molecule has 0 radical (unpaired) electrons. The minimum absolute atomic E-state index is 0.103. The second-order valence-electron chi connectivity index (χ2n) is 11.6. The van der Waals surface area contributed by atoms with Crippen LogP contribution in [0.15, 0.2) is 72.8 Å². The normalized spacial score (nSPS) is 12.2. The number of hydrogen-bond acceptors (Lipinski definition) is 4. The fourth-order valence-corrected chi connectivity index (χ4v) is 5.91. The molecular formula is C34H45N3O4S. The number of aryl methyl sites for hydroxylation is 3. The summed E-state index contributed by atoms with van der Waals surface area (Å²) in [4.78, 5) is 29.2. The zero-order valence-electron chi connectivity index (χ0n) is 25.8. The predicted molar refractivity (Wildman–Crippen MR) is 171 cm³/mol. The summed E-state index contributed by atoms with van der Waals surface area (Å²) in [5, 5.41) is 3.04. The molecule has 226 valence electrons. The van der Waals surface area contributed by atoms with Crippen LogP contribution in [-0.4, -0.2) is 50.5 Å². The molecule has 3 rings (SSSR count). The molecule has 0 aromatic heterocycles. The molecule has 3 aromatic carbocycles. The number of hydrogen-bond donors (Lipinski definition) is 1. The first-order chi connectivity index (χ1) is 19.8. The van der Waals surface area contributed by atoms with Crippen molar-refractivity contribution < 1.29 is 18.0 Å². The molecule has 0 fully saturated rings. The maximum Gasteiger partial charge on any atom is 0.243 e. The van der Waals surface area contributed by atoms with Crippen LogP contribution in [0.2, 0.25) is 0 Å². The maximum atomic E-state index is 13.9. The van der Waals surface area contributed by atoms with Crippen molar-refractivity contribution in [3.63, 3.8) is 0 Å². The van der Waals surface area contributed by atoms with Gasteiger partial charge in [-0.25, -0.2) is 8.42 Å². The number of carbonyl (C=O) groups is 2.